The molecule has 3 heterocycles. The summed E-state index contributed by atoms with van der Waals surface area (Å²) in [5, 5.41) is 7.70. The zero-order valence-electron chi connectivity index (χ0n) is 17.2. The van der Waals surface area contributed by atoms with Crippen LogP contribution in [0.15, 0.2) is 42.7 Å². The molecule has 0 radical (unpaired) electrons. The zero-order chi connectivity index (χ0) is 21.1. The fourth-order valence-corrected chi connectivity index (χ4v) is 3.88. The third-order valence-corrected chi connectivity index (χ3v) is 5.54. The molecule has 0 unspecified atom stereocenters. The van der Waals surface area contributed by atoms with Crippen LogP contribution in [0, 0.1) is 19.7 Å². The summed E-state index contributed by atoms with van der Waals surface area (Å²) < 4.78 is 15.0. The minimum Gasteiger partial charge on any atom is -0.353 e. The van der Waals surface area contributed by atoms with Crippen molar-refractivity contribution in [2.75, 3.05) is 18.0 Å². The van der Waals surface area contributed by atoms with Gasteiger partial charge < -0.3 is 10.2 Å². The number of anilines is 1. The molecule has 0 saturated carbocycles. The Bertz CT molecular complexity index is 1010. The van der Waals surface area contributed by atoms with Crippen molar-refractivity contribution >= 4 is 11.9 Å². The average molecular weight is 408 g/mol. The van der Waals surface area contributed by atoms with E-state index in [9.17, 15) is 9.18 Å². The Morgan fingerprint density at radius 1 is 1.13 bits per heavy atom. The van der Waals surface area contributed by atoms with Gasteiger partial charge in [-0.15, -0.1) is 0 Å². The van der Waals surface area contributed by atoms with Gasteiger partial charge in [0.25, 0.3) is 0 Å². The van der Waals surface area contributed by atoms with Crippen LogP contribution in [0.25, 0.3) is 5.69 Å². The molecular formula is C22H25FN6O. The minimum atomic E-state index is -0.287. The van der Waals surface area contributed by atoms with Gasteiger partial charge in [-0.05, 0) is 57.0 Å². The van der Waals surface area contributed by atoms with Gasteiger partial charge in [0.2, 0.25) is 11.9 Å². The van der Waals surface area contributed by atoms with Gasteiger partial charge in [0.15, 0.2) is 0 Å². The number of benzene rings is 1. The second-order valence-corrected chi connectivity index (χ2v) is 7.59. The minimum absolute atomic E-state index is 0.00531. The molecule has 1 aliphatic rings. The van der Waals surface area contributed by atoms with E-state index in [0.29, 0.717) is 0 Å². The number of aromatic nitrogens is 4. The molecule has 4 rings (SSSR count). The second-order valence-electron chi connectivity index (χ2n) is 7.59. The molecule has 0 spiro atoms. The normalized spacial score (nSPS) is 14.7. The second kappa shape index (κ2) is 8.61. The van der Waals surface area contributed by atoms with E-state index in [1.807, 2.05) is 13.8 Å². The first-order valence-electron chi connectivity index (χ1n) is 10.1. The Balaban J connectivity index is 1.36. The lowest BCUT2D eigenvalue weighted by Gasteiger charge is -2.32. The third-order valence-electron chi connectivity index (χ3n) is 5.54. The summed E-state index contributed by atoms with van der Waals surface area (Å²) in [6.07, 6.45) is 5.48. The summed E-state index contributed by atoms with van der Waals surface area (Å²) in [6, 6.07) is 8.13. The number of rotatable bonds is 5. The highest BCUT2D eigenvalue weighted by Crippen LogP contribution is 2.20. The van der Waals surface area contributed by atoms with Crippen LogP contribution < -0.4 is 10.2 Å². The van der Waals surface area contributed by atoms with Crippen LogP contribution in [0.2, 0.25) is 0 Å². The van der Waals surface area contributed by atoms with E-state index in [1.165, 1.54) is 12.1 Å². The Morgan fingerprint density at radius 3 is 2.47 bits per heavy atom. The number of carbonyl (C=O) groups excluding carboxylic acids is 1. The molecule has 1 aromatic carbocycles. The monoisotopic (exact) mass is 408 g/mol. The highest BCUT2D eigenvalue weighted by molar-refractivity contribution is 5.79. The van der Waals surface area contributed by atoms with E-state index in [2.05, 4.69) is 25.3 Å². The first-order valence-corrected chi connectivity index (χ1v) is 10.1. The van der Waals surface area contributed by atoms with E-state index in [4.69, 9.17) is 0 Å². The quantitative estimate of drug-likeness (QED) is 0.703. The fraction of sp³-hybridized carbons (Fsp3) is 0.364. The molecule has 1 aliphatic heterocycles. The molecule has 8 heteroatoms. The van der Waals surface area contributed by atoms with E-state index in [-0.39, 0.29) is 24.2 Å². The summed E-state index contributed by atoms with van der Waals surface area (Å²) in [5.41, 5.74) is 3.39. The number of nitrogens with zero attached hydrogens (tertiary/aromatic N) is 5. The number of aryl methyl sites for hydroxylation is 1. The lowest BCUT2D eigenvalue weighted by atomic mass is 10.0. The van der Waals surface area contributed by atoms with Crippen LogP contribution >= 0.6 is 0 Å². The maximum atomic E-state index is 13.2. The molecule has 0 atom stereocenters. The number of piperidine rings is 1. The topological polar surface area (TPSA) is 75.9 Å². The van der Waals surface area contributed by atoms with Crippen molar-refractivity contribution in [2.45, 2.75) is 39.2 Å². The van der Waals surface area contributed by atoms with Gasteiger partial charge in [-0.25, -0.2) is 19.0 Å². The lowest BCUT2D eigenvalue weighted by molar-refractivity contribution is -0.121. The number of hydrogen-bond acceptors (Lipinski definition) is 5. The first-order chi connectivity index (χ1) is 14.5. The first kappa shape index (κ1) is 20.0. The van der Waals surface area contributed by atoms with Crippen LogP contribution in [0.4, 0.5) is 10.3 Å². The molecule has 1 fully saturated rings. The summed E-state index contributed by atoms with van der Waals surface area (Å²) in [7, 11) is 0. The predicted molar refractivity (Wildman–Crippen MR) is 112 cm³/mol. The SMILES string of the molecule is Cc1nn(-c2ccc(F)cc2)c(C)c1CC(=O)NC1CCN(c2ncccn2)CC1. The highest BCUT2D eigenvalue weighted by atomic mass is 19.1. The van der Waals surface area contributed by atoms with Gasteiger partial charge in [0.1, 0.15) is 5.82 Å². The third kappa shape index (κ3) is 4.32. The average Bonchev–Trinajstić information content (AvgIpc) is 3.04. The molecule has 1 amide bonds. The van der Waals surface area contributed by atoms with E-state index >= 15 is 0 Å². The molecule has 7 nitrogen and oxygen atoms in total. The summed E-state index contributed by atoms with van der Waals surface area (Å²) in [5.74, 6) is 0.445. The van der Waals surface area contributed by atoms with Crippen molar-refractivity contribution in [3.63, 3.8) is 0 Å². The zero-order valence-corrected chi connectivity index (χ0v) is 17.2. The molecule has 0 bridgehead atoms. The fourth-order valence-electron chi connectivity index (χ4n) is 3.88. The number of amides is 1. The molecule has 30 heavy (non-hydrogen) atoms. The van der Waals surface area contributed by atoms with Crippen molar-refractivity contribution < 1.29 is 9.18 Å². The summed E-state index contributed by atoms with van der Waals surface area (Å²) in [6.45, 7) is 5.46. The molecule has 2 aromatic heterocycles. The van der Waals surface area contributed by atoms with Crippen molar-refractivity contribution in [3.05, 3.63) is 65.5 Å². The van der Waals surface area contributed by atoms with Crippen LogP contribution in [0.1, 0.15) is 29.8 Å². The van der Waals surface area contributed by atoms with Gasteiger partial charge in [0.05, 0.1) is 17.8 Å². The van der Waals surface area contributed by atoms with E-state index < -0.39 is 0 Å². The van der Waals surface area contributed by atoms with Gasteiger partial charge in [0, 0.05) is 42.8 Å². The largest absolute Gasteiger partial charge is 0.353 e. The maximum Gasteiger partial charge on any atom is 0.225 e. The molecule has 3 aromatic rings. The summed E-state index contributed by atoms with van der Waals surface area (Å²) >= 11 is 0. The van der Waals surface area contributed by atoms with Crippen molar-refractivity contribution in [3.8, 4) is 5.69 Å². The molecule has 1 N–H and O–H groups in total. The van der Waals surface area contributed by atoms with Crippen LogP contribution in [-0.4, -0.2) is 44.8 Å². The van der Waals surface area contributed by atoms with Crippen molar-refractivity contribution in [2.24, 2.45) is 0 Å². The maximum absolute atomic E-state index is 13.2. The van der Waals surface area contributed by atoms with Crippen LogP contribution in [-0.2, 0) is 11.2 Å². The van der Waals surface area contributed by atoms with Crippen molar-refractivity contribution in [1.29, 1.82) is 0 Å². The molecule has 156 valence electrons. The molecule has 0 aliphatic carbocycles. The van der Waals surface area contributed by atoms with Crippen LogP contribution in [0.3, 0.4) is 0 Å². The Hall–Kier alpha value is -3.29. The summed E-state index contributed by atoms with van der Waals surface area (Å²) in [4.78, 5) is 23.4. The molecule has 1 saturated heterocycles. The van der Waals surface area contributed by atoms with E-state index in [0.717, 1.165) is 54.5 Å². The van der Waals surface area contributed by atoms with Gasteiger partial charge in [-0.1, -0.05) is 0 Å². The predicted octanol–water partition coefficient (Wildman–Crippen LogP) is 2.75. The number of hydrogen-bond donors (Lipinski definition) is 1. The molecular weight excluding hydrogens is 383 g/mol. The highest BCUT2D eigenvalue weighted by Gasteiger charge is 2.23. The Morgan fingerprint density at radius 2 is 1.80 bits per heavy atom. The van der Waals surface area contributed by atoms with Gasteiger partial charge in [-0.2, -0.15) is 5.10 Å². The Labute approximate surface area is 175 Å². The van der Waals surface area contributed by atoms with Crippen molar-refractivity contribution in [1.82, 2.24) is 25.1 Å². The number of carbonyl (C=O) groups is 1. The van der Waals surface area contributed by atoms with E-state index in [1.54, 1.807) is 35.3 Å². The van der Waals surface area contributed by atoms with Gasteiger partial charge >= 0.3 is 0 Å². The smallest absolute Gasteiger partial charge is 0.225 e. The standard InChI is InChI=1S/C22H25FN6O/c1-15-20(16(2)29(27-15)19-6-4-17(23)5-7-19)14-21(30)26-18-8-12-28(13-9-18)22-24-10-3-11-25-22/h3-7,10-11,18H,8-9,12-14H2,1-2H3,(H,26,30). The van der Waals surface area contributed by atoms with Crippen LogP contribution in [0.5, 0.6) is 0 Å². The number of nitrogens with one attached hydrogen (secondary N) is 1. The van der Waals surface area contributed by atoms with Gasteiger partial charge in [-0.3, -0.25) is 4.79 Å². The number of halogens is 1. The Kier molecular flexibility index (Phi) is 5.74. The lowest BCUT2D eigenvalue weighted by Crippen LogP contribution is -2.45.